The molecule has 1 amide bonds. The number of para-hydroxylation sites is 1. The average Bonchev–Trinajstić information content (AvgIpc) is 3.45. The molecule has 8 nitrogen and oxygen atoms in total. The Labute approximate surface area is 205 Å². The number of nitrogens with zero attached hydrogens (tertiary/aromatic N) is 5. The Bertz CT molecular complexity index is 1260. The van der Waals surface area contributed by atoms with Gasteiger partial charge in [-0.15, -0.1) is 0 Å². The first-order chi connectivity index (χ1) is 16.6. The highest BCUT2D eigenvalue weighted by molar-refractivity contribution is 5.94. The number of carbonyl (C=O) groups excluding carboxylic acids is 2. The molecule has 184 valence electrons. The van der Waals surface area contributed by atoms with E-state index < -0.39 is 11.7 Å². The molecule has 2 aromatic heterocycles. The first kappa shape index (κ1) is 23.3. The van der Waals surface area contributed by atoms with E-state index >= 15 is 0 Å². The number of ether oxygens (including phenoxy) is 1. The number of amides is 1. The van der Waals surface area contributed by atoms with Crippen molar-refractivity contribution in [2.45, 2.75) is 84.4 Å². The summed E-state index contributed by atoms with van der Waals surface area (Å²) < 4.78 is 8.82. The van der Waals surface area contributed by atoms with Crippen molar-refractivity contribution in [1.82, 2.24) is 24.2 Å². The van der Waals surface area contributed by atoms with Gasteiger partial charge in [0.05, 0.1) is 11.4 Å². The molecule has 3 aromatic rings. The molecule has 35 heavy (non-hydrogen) atoms. The summed E-state index contributed by atoms with van der Waals surface area (Å²) in [7, 11) is 0. The third kappa shape index (κ3) is 4.61. The predicted octanol–water partition coefficient (Wildman–Crippen LogP) is 4.63. The van der Waals surface area contributed by atoms with Gasteiger partial charge in [0, 0.05) is 24.0 Å². The van der Waals surface area contributed by atoms with Gasteiger partial charge in [0.25, 0.3) is 5.91 Å². The SMILES string of the molecule is Cc1nc(C(=O)N(C2CC2)C2CCc3nn(C(=O)OC(C)(C)C)cc3C2)c(C)n1-c1ccccc1. The molecule has 1 atom stereocenters. The summed E-state index contributed by atoms with van der Waals surface area (Å²) in [6.07, 6.45) is 5.55. The van der Waals surface area contributed by atoms with E-state index in [1.807, 2.05) is 69.5 Å². The zero-order valence-corrected chi connectivity index (χ0v) is 21.1. The molecule has 0 aliphatic heterocycles. The molecule has 2 aliphatic carbocycles. The summed E-state index contributed by atoms with van der Waals surface area (Å²) in [5.74, 6) is 0.799. The summed E-state index contributed by atoms with van der Waals surface area (Å²) in [5.41, 5.74) is 3.72. The lowest BCUT2D eigenvalue weighted by Crippen LogP contribution is -2.45. The van der Waals surface area contributed by atoms with E-state index in [0.717, 1.165) is 54.1 Å². The van der Waals surface area contributed by atoms with E-state index in [9.17, 15) is 9.59 Å². The van der Waals surface area contributed by atoms with E-state index in [0.29, 0.717) is 12.1 Å². The molecule has 0 N–H and O–H groups in total. The quantitative estimate of drug-likeness (QED) is 0.549. The molecule has 8 heteroatoms. The number of hydrogen-bond donors (Lipinski definition) is 0. The molecule has 2 heterocycles. The van der Waals surface area contributed by atoms with Crippen LogP contribution in [-0.4, -0.2) is 53.9 Å². The minimum Gasteiger partial charge on any atom is -0.442 e. The number of rotatable bonds is 4. The van der Waals surface area contributed by atoms with Crippen LogP contribution >= 0.6 is 0 Å². The van der Waals surface area contributed by atoms with Gasteiger partial charge in [0.15, 0.2) is 0 Å². The standard InChI is InChI=1S/C27H33N5O3/c1-17-24(28-18(2)31(17)20-9-7-6-8-10-20)25(33)32(21-11-12-21)22-13-14-23-19(15-22)16-30(29-23)26(34)35-27(3,4)5/h6-10,16,21-22H,11-15H2,1-5H3. The van der Waals surface area contributed by atoms with Gasteiger partial charge >= 0.3 is 6.09 Å². The third-order valence-electron chi connectivity index (χ3n) is 6.69. The van der Waals surface area contributed by atoms with Crippen LogP contribution in [0, 0.1) is 13.8 Å². The van der Waals surface area contributed by atoms with Gasteiger partial charge in [-0.2, -0.15) is 9.78 Å². The maximum atomic E-state index is 13.9. The smallest absolute Gasteiger partial charge is 0.435 e. The van der Waals surface area contributed by atoms with Gasteiger partial charge in [0.2, 0.25) is 0 Å². The number of carbonyl (C=O) groups is 2. The van der Waals surface area contributed by atoms with Gasteiger partial charge in [-0.05, 0) is 84.4 Å². The van der Waals surface area contributed by atoms with Crippen molar-refractivity contribution in [3.63, 3.8) is 0 Å². The van der Waals surface area contributed by atoms with E-state index in [-0.39, 0.29) is 18.0 Å². The largest absolute Gasteiger partial charge is 0.442 e. The topological polar surface area (TPSA) is 82.2 Å². The fraction of sp³-hybridized carbons (Fsp3) is 0.481. The Morgan fingerprint density at radius 3 is 2.43 bits per heavy atom. The second kappa shape index (κ2) is 8.66. The van der Waals surface area contributed by atoms with Gasteiger partial charge < -0.3 is 14.2 Å². The zero-order valence-electron chi connectivity index (χ0n) is 21.1. The van der Waals surface area contributed by atoms with Crippen LogP contribution in [0.1, 0.15) is 73.3 Å². The fourth-order valence-electron chi connectivity index (χ4n) is 5.03. The van der Waals surface area contributed by atoms with Crippen LogP contribution in [0.4, 0.5) is 4.79 Å². The molecule has 0 spiro atoms. The second-order valence-electron chi connectivity index (χ2n) is 10.6. The molecule has 1 aromatic carbocycles. The van der Waals surface area contributed by atoms with Gasteiger partial charge in [-0.1, -0.05) is 18.2 Å². The monoisotopic (exact) mass is 475 g/mol. The molecule has 5 rings (SSSR count). The van der Waals surface area contributed by atoms with Crippen molar-refractivity contribution in [3.8, 4) is 5.69 Å². The maximum absolute atomic E-state index is 13.9. The molecule has 0 radical (unpaired) electrons. The van der Waals surface area contributed by atoms with E-state index in [2.05, 4.69) is 10.00 Å². The lowest BCUT2D eigenvalue weighted by atomic mass is 9.92. The molecule has 2 aliphatic rings. The molecule has 1 unspecified atom stereocenters. The zero-order chi connectivity index (χ0) is 24.9. The van der Waals surface area contributed by atoms with Crippen molar-refractivity contribution in [2.24, 2.45) is 0 Å². The summed E-state index contributed by atoms with van der Waals surface area (Å²) in [5, 5.41) is 4.48. The van der Waals surface area contributed by atoms with Crippen LogP contribution < -0.4 is 0 Å². The van der Waals surface area contributed by atoms with Gasteiger partial charge in [-0.25, -0.2) is 9.78 Å². The summed E-state index contributed by atoms with van der Waals surface area (Å²) >= 11 is 0. The lowest BCUT2D eigenvalue weighted by molar-refractivity contribution is 0.0513. The second-order valence-corrected chi connectivity index (χ2v) is 10.6. The van der Waals surface area contributed by atoms with Crippen LogP contribution in [0.5, 0.6) is 0 Å². The molecule has 0 saturated heterocycles. The van der Waals surface area contributed by atoms with Gasteiger partial charge in [-0.3, -0.25) is 4.79 Å². The molecule has 1 saturated carbocycles. The van der Waals surface area contributed by atoms with Crippen LogP contribution in [0.15, 0.2) is 36.5 Å². The number of aromatic nitrogens is 4. The van der Waals surface area contributed by atoms with E-state index in [1.54, 1.807) is 6.20 Å². The van der Waals surface area contributed by atoms with Crippen molar-refractivity contribution in [2.75, 3.05) is 0 Å². The summed E-state index contributed by atoms with van der Waals surface area (Å²) in [6, 6.07) is 10.3. The Morgan fingerprint density at radius 1 is 1.06 bits per heavy atom. The molecule has 0 bridgehead atoms. The summed E-state index contributed by atoms with van der Waals surface area (Å²) in [6.45, 7) is 9.43. The first-order valence-corrected chi connectivity index (χ1v) is 12.4. The number of imidazole rings is 1. The van der Waals surface area contributed by atoms with E-state index in [4.69, 9.17) is 9.72 Å². The third-order valence-corrected chi connectivity index (χ3v) is 6.69. The van der Waals surface area contributed by atoms with Crippen LogP contribution in [-0.2, 0) is 17.6 Å². The highest BCUT2D eigenvalue weighted by Crippen LogP contribution is 2.35. The highest BCUT2D eigenvalue weighted by Gasteiger charge is 2.41. The normalized spacial score (nSPS) is 17.7. The predicted molar refractivity (Wildman–Crippen MR) is 132 cm³/mol. The van der Waals surface area contributed by atoms with Crippen molar-refractivity contribution in [1.29, 1.82) is 0 Å². The molecular formula is C27H33N5O3. The molecule has 1 fully saturated rings. The van der Waals surface area contributed by atoms with Gasteiger partial charge in [0.1, 0.15) is 17.1 Å². The van der Waals surface area contributed by atoms with Crippen molar-refractivity contribution >= 4 is 12.0 Å². The number of hydrogen-bond acceptors (Lipinski definition) is 5. The summed E-state index contributed by atoms with van der Waals surface area (Å²) in [4.78, 5) is 33.1. The minimum absolute atomic E-state index is 0.00392. The highest BCUT2D eigenvalue weighted by atomic mass is 16.6. The van der Waals surface area contributed by atoms with Crippen molar-refractivity contribution in [3.05, 3.63) is 65.0 Å². The number of aryl methyl sites for hydroxylation is 2. The Kier molecular flexibility index (Phi) is 5.77. The lowest BCUT2D eigenvalue weighted by Gasteiger charge is -2.34. The van der Waals surface area contributed by atoms with Crippen LogP contribution in [0.3, 0.4) is 0 Å². The number of benzene rings is 1. The number of fused-ring (bicyclic) bond motifs is 1. The first-order valence-electron chi connectivity index (χ1n) is 12.4. The minimum atomic E-state index is -0.583. The average molecular weight is 476 g/mol. The van der Waals surface area contributed by atoms with Crippen LogP contribution in [0.25, 0.3) is 5.69 Å². The van der Waals surface area contributed by atoms with E-state index in [1.165, 1.54) is 4.68 Å². The molecular weight excluding hydrogens is 442 g/mol. The Hall–Kier alpha value is -3.42. The van der Waals surface area contributed by atoms with Crippen LogP contribution in [0.2, 0.25) is 0 Å². The van der Waals surface area contributed by atoms with Crippen molar-refractivity contribution < 1.29 is 14.3 Å². The maximum Gasteiger partial charge on any atom is 0.435 e. The Balaban J connectivity index is 1.40. The fourth-order valence-corrected chi connectivity index (χ4v) is 5.03. The Morgan fingerprint density at radius 2 is 1.77 bits per heavy atom.